The second-order valence-electron chi connectivity index (χ2n) is 5.06. The largest absolute Gasteiger partial charge is 0.480 e. The maximum absolute atomic E-state index is 12.7. The fourth-order valence-electron chi connectivity index (χ4n) is 2.08. The molecule has 23 heavy (non-hydrogen) atoms. The summed E-state index contributed by atoms with van der Waals surface area (Å²) >= 11 is 0. The first-order valence-corrected chi connectivity index (χ1v) is 8.92. The highest BCUT2D eigenvalue weighted by Crippen LogP contribution is 2.19. The van der Waals surface area contributed by atoms with Crippen LogP contribution >= 0.6 is 0 Å². The summed E-state index contributed by atoms with van der Waals surface area (Å²) in [5, 5.41) is 8.96. The third-order valence-electron chi connectivity index (χ3n) is 3.30. The van der Waals surface area contributed by atoms with Crippen molar-refractivity contribution < 1.29 is 27.9 Å². The second kappa shape index (κ2) is 8.07. The molecule has 0 radical (unpaired) electrons. The number of carboxylic acids is 1. The van der Waals surface area contributed by atoms with Crippen molar-refractivity contribution in [1.29, 1.82) is 0 Å². The van der Waals surface area contributed by atoms with Gasteiger partial charge in [-0.1, -0.05) is 13.0 Å². The predicted octanol–water partition coefficient (Wildman–Crippen LogP) is 0.826. The van der Waals surface area contributed by atoms with Crippen LogP contribution in [0.15, 0.2) is 23.1 Å². The first kappa shape index (κ1) is 19.1. The van der Waals surface area contributed by atoms with Crippen molar-refractivity contribution in [2.45, 2.75) is 18.2 Å². The van der Waals surface area contributed by atoms with E-state index in [1.54, 1.807) is 6.07 Å². The van der Waals surface area contributed by atoms with Gasteiger partial charge in [0.05, 0.1) is 11.5 Å². The number of hydrogen-bond donors (Lipinski definition) is 1. The lowest BCUT2D eigenvalue weighted by Crippen LogP contribution is -2.38. The number of ether oxygens (including phenoxy) is 1. The summed E-state index contributed by atoms with van der Waals surface area (Å²) in [7, 11) is -2.01. The minimum atomic E-state index is -3.46. The van der Waals surface area contributed by atoms with E-state index in [1.807, 2.05) is 6.92 Å². The SMILES string of the molecule is CCc1ccc(S(C)(=O)=O)cc1C(=O)N(CCOC)CC(=O)O. The number of aliphatic carboxylic acids is 1. The third kappa shape index (κ3) is 5.33. The predicted molar refractivity (Wildman–Crippen MR) is 84.3 cm³/mol. The van der Waals surface area contributed by atoms with Gasteiger partial charge in [0.25, 0.3) is 5.91 Å². The van der Waals surface area contributed by atoms with Gasteiger partial charge in [0.2, 0.25) is 0 Å². The zero-order chi connectivity index (χ0) is 17.6. The average molecular weight is 343 g/mol. The van der Waals surface area contributed by atoms with Crippen LogP contribution in [0.5, 0.6) is 0 Å². The lowest BCUT2D eigenvalue weighted by molar-refractivity contribution is -0.137. The summed E-state index contributed by atoms with van der Waals surface area (Å²) in [5.41, 5.74) is 0.864. The number of methoxy groups -OCH3 is 1. The van der Waals surface area contributed by atoms with Gasteiger partial charge in [0.15, 0.2) is 9.84 Å². The Hall–Kier alpha value is -1.93. The number of sulfone groups is 1. The monoisotopic (exact) mass is 343 g/mol. The number of carboxylic acid groups (broad SMARTS) is 1. The standard InChI is InChI=1S/C15H21NO6S/c1-4-11-5-6-12(23(3,20)21)9-13(11)15(19)16(7-8-22-2)10-14(17)18/h5-6,9H,4,7-8,10H2,1-3H3,(H,17,18). The Bertz CT molecular complexity index is 683. The Kier molecular flexibility index (Phi) is 6.71. The van der Waals surface area contributed by atoms with E-state index in [0.717, 1.165) is 11.2 Å². The zero-order valence-electron chi connectivity index (χ0n) is 13.4. The summed E-state index contributed by atoms with van der Waals surface area (Å²) in [6, 6.07) is 4.33. The second-order valence-corrected chi connectivity index (χ2v) is 7.07. The molecular formula is C15H21NO6S. The van der Waals surface area contributed by atoms with Gasteiger partial charge in [-0.2, -0.15) is 0 Å². The Morgan fingerprint density at radius 1 is 1.30 bits per heavy atom. The molecule has 0 atom stereocenters. The number of rotatable bonds is 8. The number of benzene rings is 1. The van der Waals surface area contributed by atoms with Crippen molar-refractivity contribution in [1.82, 2.24) is 4.90 Å². The number of carbonyl (C=O) groups excluding carboxylic acids is 1. The summed E-state index contributed by atoms with van der Waals surface area (Å²) in [5.74, 6) is -1.67. The van der Waals surface area contributed by atoms with Crippen LogP contribution < -0.4 is 0 Å². The minimum Gasteiger partial charge on any atom is -0.480 e. The Labute approximate surface area is 135 Å². The molecule has 7 nitrogen and oxygen atoms in total. The van der Waals surface area contributed by atoms with E-state index < -0.39 is 28.3 Å². The van der Waals surface area contributed by atoms with Crippen molar-refractivity contribution in [3.63, 3.8) is 0 Å². The molecule has 1 amide bonds. The summed E-state index contributed by atoms with van der Waals surface area (Å²) < 4.78 is 28.3. The van der Waals surface area contributed by atoms with Crippen LogP contribution in [0.3, 0.4) is 0 Å². The van der Waals surface area contributed by atoms with Crippen molar-refractivity contribution in [3.8, 4) is 0 Å². The van der Waals surface area contributed by atoms with Crippen LogP contribution in [0, 0.1) is 0 Å². The Morgan fingerprint density at radius 3 is 2.43 bits per heavy atom. The van der Waals surface area contributed by atoms with E-state index in [9.17, 15) is 18.0 Å². The molecule has 0 aliphatic heterocycles. The molecule has 0 heterocycles. The lowest BCUT2D eigenvalue weighted by atomic mass is 10.0. The van der Waals surface area contributed by atoms with Gasteiger partial charge in [-0.15, -0.1) is 0 Å². The summed E-state index contributed by atoms with van der Waals surface area (Å²) in [4.78, 5) is 24.8. The number of hydrogen-bond acceptors (Lipinski definition) is 5. The molecule has 1 rings (SSSR count). The first-order valence-electron chi connectivity index (χ1n) is 7.03. The number of amides is 1. The third-order valence-corrected chi connectivity index (χ3v) is 4.41. The highest BCUT2D eigenvalue weighted by Gasteiger charge is 2.22. The lowest BCUT2D eigenvalue weighted by Gasteiger charge is -2.22. The van der Waals surface area contributed by atoms with Crippen molar-refractivity contribution in [3.05, 3.63) is 29.3 Å². The molecular weight excluding hydrogens is 322 g/mol. The molecule has 0 unspecified atom stereocenters. The average Bonchev–Trinajstić information content (AvgIpc) is 2.48. The van der Waals surface area contributed by atoms with E-state index in [0.29, 0.717) is 12.0 Å². The van der Waals surface area contributed by atoms with Gasteiger partial charge in [-0.25, -0.2) is 8.42 Å². The summed E-state index contributed by atoms with van der Waals surface area (Å²) in [6.45, 7) is 1.65. The zero-order valence-corrected chi connectivity index (χ0v) is 14.2. The van der Waals surface area contributed by atoms with Crippen molar-refractivity contribution >= 4 is 21.7 Å². The van der Waals surface area contributed by atoms with Crippen molar-refractivity contribution in [2.75, 3.05) is 33.1 Å². The van der Waals surface area contributed by atoms with E-state index in [-0.39, 0.29) is 23.6 Å². The maximum Gasteiger partial charge on any atom is 0.323 e. The van der Waals surface area contributed by atoms with E-state index >= 15 is 0 Å². The molecule has 0 spiro atoms. The molecule has 128 valence electrons. The number of carbonyl (C=O) groups is 2. The van der Waals surface area contributed by atoms with Crippen LogP contribution in [0.2, 0.25) is 0 Å². The van der Waals surface area contributed by atoms with Gasteiger partial charge < -0.3 is 14.7 Å². The molecule has 1 aromatic carbocycles. The molecule has 8 heteroatoms. The molecule has 0 saturated carbocycles. The number of aryl methyl sites for hydroxylation is 1. The van der Waals surface area contributed by atoms with E-state index in [2.05, 4.69) is 0 Å². The first-order chi connectivity index (χ1) is 10.7. The highest BCUT2D eigenvalue weighted by atomic mass is 32.2. The van der Waals surface area contributed by atoms with Crippen LogP contribution in [-0.2, 0) is 25.8 Å². The van der Waals surface area contributed by atoms with Crippen LogP contribution in [-0.4, -0.2) is 63.4 Å². The molecule has 0 aliphatic rings. The molecule has 0 aromatic heterocycles. The fourth-order valence-corrected chi connectivity index (χ4v) is 2.73. The smallest absolute Gasteiger partial charge is 0.323 e. The fraction of sp³-hybridized carbons (Fsp3) is 0.467. The molecule has 0 fully saturated rings. The van der Waals surface area contributed by atoms with Gasteiger partial charge in [-0.3, -0.25) is 9.59 Å². The van der Waals surface area contributed by atoms with Gasteiger partial charge in [-0.05, 0) is 24.1 Å². The number of nitrogens with zero attached hydrogens (tertiary/aromatic N) is 1. The van der Waals surface area contributed by atoms with Crippen molar-refractivity contribution in [2.24, 2.45) is 0 Å². The maximum atomic E-state index is 12.7. The minimum absolute atomic E-state index is 0.0278. The molecule has 1 N–H and O–H groups in total. The molecule has 0 aliphatic carbocycles. The van der Waals surface area contributed by atoms with Gasteiger partial charge >= 0.3 is 5.97 Å². The van der Waals surface area contributed by atoms with Gasteiger partial charge in [0, 0.05) is 25.5 Å². The molecule has 0 bridgehead atoms. The van der Waals surface area contributed by atoms with Crippen LogP contribution in [0.4, 0.5) is 0 Å². The topological polar surface area (TPSA) is 101 Å². The Morgan fingerprint density at radius 2 is 1.96 bits per heavy atom. The normalized spacial score (nSPS) is 11.3. The summed E-state index contributed by atoms with van der Waals surface area (Å²) in [6.07, 6.45) is 1.58. The van der Waals surface area contributed by atoms with E-state index in [1.165, 1.54) is 19.2 Å². The quantitative estimate of drug-likeness (QED) is 0.750. The van der Waals surface area contributed by atoms with Crippen LogP contribution in [0.1, 0.15) is 22.8 Å². The van der Waals surface area contributed by atoms with Crippen LogP contribution in [0.25, 0.3) is 0 Å². The molecule has 0 saturated heterocycles. The highest BCUT2D eigenvalue weighted by molar-refractivity contribution is 7.90. The van der Waals surface area contributed by atoms with Gasteiger partial charge in [0.1, 0.15) is 6.54 Å². The molecule has 1 aromatic rings. The van der Waals surface area contributed by atoms with E-state index in [4.69, 9.17) is 9.84 Å². The Balaban J connectivity index is 3.27.